The average Bonchev–Trinajstić information content (AvgIpc) is 3.07. The molecule has 1 fully saturated rings. The number of nitrogens with zero attached hydrogens (tertiary/aromatic N) is 3. The fourth-order valence-electron chi connectivity index (χ4n) is 2.73. The highest BCUT2D eigenvalue weighted by molar-refractivity contribution is 7.13. The van der Waals surface area contributed by atoms with Gasteiger partial charge in [0.05, 0.1) is 0 Å². The smallest absolute Gasteiger partial charge is 0.299 e. The van der Waals surface area contributed by atoms with E-state index in [4.69, 9.17) is 0 Å². The molecule has 1 aromatic heterocycles. The summed E-state index contributed by atoms with van der Waals surface area (Å²) in [7, 11) is 0. The van der Waals surface area contributed by atoms with E-state index in [9.17, 15) is 4.79 Å². The summed E-state index contributed by atoms with van der Waals surface area (Å²) in [5, 5.41) is 3.00. The lowest BCUT2D eigenvalue weighted by Gasteiger charge is -2.38. The normalized spacial score (nSPS) is 17.6. The largest absolute Gasteiger partial charge is 0.344 e. The Morgan fingerprint density at radius 1 is 1.39 bits per heavy atom. The van der Waals surface area contributed by atoms with Crippen molar-refractivity contribution in [2.24, 2.45) is 0 Å². The number of hydrogen-bond donors (Lipinski definition) is 0. The molecule has 4 nitrogen and oxygen atoms in total. The van der Waals surface area contributed by atoms with Crippen LogP contribution in [0.5, 0.6) is 0 Å². The summed E-state index contributed by atoms with van der Waals surface area (Å²) in [5.41, 5.74) is 2.03. The molecule has 2 aromatic rings. The van der Waals surface area contributed by atoms with Crippen LogP contribution in [0.4, 0.5) is 5.13 Å². The SMILES string of the molecule is Cc1cccc(C#CC(=O)N2CCN(c3nccs3)CC2C)c1. The molecule has 0 radical (unpaired) electrons. The predicted molar refractivity (Wildman–Crippen MR) is 93.6 cm³/mol. The van der Waals surface area contributed by atoms with E-state index in [-0.39, 0.29) is 11.9 Å². The first-order valence-electron chi connectivity index (χ1n) is 7.67. The van der Waals surface area contributed by atoms with E-state index < -0.39 is 0 Å². The summed E-state index contributed by atoms with van der Waals surface area (Å²) in [4.78, 5) is 20.8. The van der Waals surface area contributed by atoms with Gasteiger partial charge in [0.2, 0.25) is 0 Å². The van der Waals surface area contributed by atoms with Gasteiger partial charge in [-0.1, -0.05) is 18.1 Å². The highest BCUT2D eigenvalue weighted by Crippen LogP contribution is 2.21. The number of benzene rings is 1. The number of carbonyl (C=O) groups excluding carboxylic acids is 1. The van der Waals surface area contributed by atoms with Crippen LogP contribution in [-0.2, 0) is 4.79 Å². The summed E-state index contributed by atoms with van der Waals surface area (Å²) in [6.07, 6.45) is 1.81. The Morgan fingerprint density at radius 3 is 2.96 bits per heavy atom. The van der Waals surface area contributed by atoms with E-state index in [2.05, 4.69) is 28.6 Å². The van der Waals surface area contributed by atoms with Crippen LogP contribution in [0.25, 0.3) is 0 Å². The van der Waals surface area contributed by atoms with Crippen LogP contribution in [0, 0.1) is 18.8 Å². The van der Waals surface area contributed by atoms with Gasteiger partial charge in [-0.25, -0.2) is 4.98 Å². The molecular formula is C18H19N3OS. The first-order chi connectivity index (χ1) is 11.1. The summed E-state index contributed by atoms with van der Waals surface area (Å²) in [6, 6.07) is 8.03. The molecule has 1 aliphatic rings. The van der Waals surface area contributed by atoms with E-state index in [0.717, 1.165) is 29.3 Å². The molecule has 23 heavy (non-hydrogen) atoms. The number of aryl methyl sites for hydroxylation is 1. The van der Waals surface area contributed by atoms with Crippen molar-refractivity contribution in [1.82, 2.24) is 9.88 Å². The summed E-state index contributed by atoms with van der Waals surface area (Å²) in [6.45, 7) is 6.36. The van der Waals surface area contributed by atoms with Crippen LogP contribution in [-0.4, -0.2) is 41.5 Å². The molecule has 5 heteroatoms. The second kappa shape index (κ2) is 6.84. The molecule has 1 unspecified atom stereocenters. The van der Waals surface area contributed by atoms with Gasteiger partial charge in [-0.2, -0.15) is 0 Å². The molecule has 3 rings (SSSR count). The molecule has 1 atom stereocenters. The zero-order valence-corrected chi connectivity index (χ0v) is 14.1. The number of aromatic nitrogens is 1. The molecule has 118 valence electrons. The first-order valence-corrected chi connectivity index (χ1v) is 8.55. The van der Waals surface area contributed by atoms with Crippen molar-refractivity contribution in [3.63, 3.8) is 0 Å². The molecule has 0 spiro atoms. The summed E-state index contributed by atoms with van der Waals surface area (Å²) < 4.78 is 0. The summed E-state index contributed by atoms with van der Waals surface area (Å²) >= 11 is 1.63. The van der Waals surface area contributed by atoms with Crippen LogP contribution in [0.1, 0.15) is 18.1 Å². The second-order valence-electron chi connectivity index (χ2n) is 5.73. The fraction of sp³-hybridized carbons (Fsp3) is 0.333. The third kappa shape index (κ3) is 3.72. The maximum atomic E-state index is 12.4. The van der Waals surface area contributed by atoms with Crippen molar-refractivity contribution in [1.29, 1.82) is 0 Å². The maximum Gasteiger partial charge on any atom is 0.299 e. The van der Waals surface area contributed by atoms with Gasteiger partial charge in [0.1, 0.15) is 0 Å². The number of anilines is 1. The van der Waals surface area contributed by atoms with E-state index in [0.29, 0.717) is 6.54 Å². The van der Waals surface area contributed by atoms with E-state index >= 15 is 0 Å². The molecule has 0 N–H and O–H groups in total. The monoisotopic (exact) mass is 325 g/mol. The van der Waals surface area contributed by atoms with Gasteiger partial charge < -0.3 is 9.80 Å². The molecule has 1 aromatic carbocycles. The van der Waals surface area contributed by atoms with Gasteiger partial charge in [-0.3, -0.25) is 4.79 Å². The molecule has 1 aliphatic heterocycles. The van der Waals surface area contributed by atoms with Gasteiger partial charge in [0.15, 0.2) is 5.13 Å². The molecule has 1 saturated heterocycles. The van der Waals surface area contributed by atoms with Crippen LogP contribution >= 0.6 is 11.3 Å². The molecule has 0 bridgehead atoms. The first kappa shape index (κ1) is 15.6. The topological polar surface area (TPSA) is 36.4 Å². The van der Waals surface area contributed by atoms with E-state index in [1.807, 2.05) is 47.7 Å². The van der Waals surface area contributed by atoms with Crippen molar-refractivity contribution in [2.75, 3.05) is 24.5 Å². The van der Waals surface area contributed by atoms with Crippen LogP contribution in [0.2, 0.25) is 0 Å². The lowest BCUT2D eigenvalue weighted by atomic mass is 10.1. The Balaban J connectivity index is 1.65. The number of piperazine rings is 1. The van der Waals surface area contributed by atoms with E-state index in [1.165, 1.54) is 0 Å². The lowest BCUT2D eigenvalue weighted by molar-refractivity contribution is -0.127. The Morgan fingerprint density at radius 2 is 2.26 bits per heavy atom. The van der Waals surface area contributed by atoms with Gasteiger partial charge in [0.25, 0.3) is 5.91 Å². The van der Waals surface area contributed by atoms with Gasteiger partial charge in [-0.15, -0.1) is 11.3 Å². The molecule has 0 saturated carbocycles. The van der Waals surface area contributed by atoms with Gasteiger partial charge in [0, 0.05) is 48.7 Å². The third-order valence-corrected chi connectivity index (χ3v) is 4.74. The van der Waals surface area contributed by atoms with Crippen LogP contribution in [0.15, 0.2) is 35.8 Å². The fourth-order valence-corrected chi connectivity index (χ4v) is 3.41. The maximum absolute atomic E-state index is 12.4. The minimum Gasteiger partial charge on any atom is -0.344 e. The number of rotatable bonds is 1. The van der Waals surface area contributed by atoms with Crippen LogP contribution in [0.3, 0.4) is 0 Å². The highest BCUT2D eigenvalue weighted by atomic mass is 32.1. The molecule has 2 heterocycles. The van der Waals surface area contributed by atoms with Crippen molar-refractivity contribution < 1.29 is 4.79 Å². The zero-order valence-electron chi connectivity index (χ0n) is 13.3. The van der Waals surface area contributed by atoms with Crippen LogP contribution < -0.4 is 4.90 Å². The minimum atomic E-state index is -0.0993. The number of carbonyl (C=O) groups is 1. The Labute approximate surface area is 140 Å². The summed E-state index contributed by atoms with van der Waals surface area (Å²) in [5.74, 6) is 5.66. The average molecular weight is 325 g/mol. The Bertz CT molecular complexity index is 745. The second-order valence-corrected chi connectivity index (χ2v) is 6.60. The Kier molecular flexibility index (Phi) is 4.63. The highest BCUT2D eigenvalue weighted by Gasteiger charge is 2.27. The minimum absolute atomic E-state index is 0.0993. The van der Waals surface area contributed by atoms with Crippen molar-refractivity contribution in [3.05, 3.63) is 47.0 Å². The zero-order chi connectivity index (χ0) is 16.2. The Hall–Kier alpha value is -2.32. The van der Waals surface area contributed by atoms with Crippen molar-refractivity contribution in [2.45, 2.75) is 19.9 Å². The van der Waals surface area contributed by atoms with E-state index in [1.54, 1.807) is 11.3 Å². The standard InChI is InChI=1S/C18H19N3OS/c1-14-4-3-5-16(12-14)6-7-17(22)21-10-9-20(13-15(21)2)18-19-8-11-23-18/h3-5,8,11-12,15H,9-10,13H2,1-2H3. The number of hydrogen-bond acceptors (Lipinski definition) is 4. The number of thiazole rings is 1. The molecular weight excluding hydrogens is 306 g/mol. The van der Waals surface area contributed by atoms with Gasteiger partial charge >= 0.3 is 0 Å². The molecule has 1 amide bonds. The lowest BCUT2D eigenvalue weighted by Crippen LogP contribution is -2.53. The molecule has 0 aliphatic carbocycles. The number of amides is 1. The quantitative estimate of drug-likeness (QED) is 0.756. The third-order valence-electron chi connectivity index (χ3n) is 3.91. The van der Waals surface area contributed by atoms with Gasteiger partial charge in [-0.05, 0) is 31.5 Å². The van der Waals surface area contributed by atoms with Crippen molar-refractivity contribution in [3.8, 4) is 11.8 Å². The predicted octanol–water partition coefficient (Wildman–Crippen LogP) is 2.54. The van der Waals surface area contributed by atoms with Crippen molar-refractivity contribution >= 4 is 22.4 Å².